The molecule has 1 aromatic carbocycles. The number of nitrogens with zero attached hydrogens (tertiary/aromatic N) is 1. The number of carbonyl (C=O) groups is 3. The number of carbonyl (C=O) groups excluding carboxylic acids is 2. The highest BCUT2D eigenvalue weighted by molar-refractivity contribution is 5.89. The molecule has 1 amide bonds. The second-order valence-electron chi connectivity index (χ2n) is 5.74. The fourth-order valence-electron chi connectivity index (χ4n) is 2.87. The lowest BCUT2D eigenvalue weighted by molar-refractivity contribution is -0.154. The number of piperidine rings is 1. The number of carboxylic acids is 1. The Balaban J connectivity index is 2.27. The Morgan fingerprint density at radius 2 is 2.00 bits per heavy atom. The summed E-state index contributed by atoms with van der Waals surface area (Å²) in [5.74, 6) is -3.31. The Kier molecular flexibility index (Phi) is 5.73. The van der Waals surface area contributed by atoms with Crippen molar-refractivity contribution in [2.75, 3.05) is 6.61 Å². The molecule has 1 aliphatic rings. The predicted molar refractivity (Wildman–Crippen MR) is 86.6 cm³/mol. The Hall–Kier alpha value is -2.63. The van der Waals surface area contributed by atoms with Crippen LogP contribution in [0.4, 0.5) is 0 Å². The SMILES string of the molecule is C=C1[C@H](C(=O)OCC)C[C@@H](CC(=O)O)C(=O)N1Cc1ccccc1. The van der Waals surface area contributed by atoms with Crippen molar-refractivity contribution in [1.82, 2.24) is 4.90 Å². The molecule has 0 unspecified atom stereocenters. The van der Waals surface area contributed by atoms with Crippen LogP contribution in [0.5, 0.6) is 0 Å². The molecule has 1 N–H and O–H groups in total. The summed E-state index contributed by atoms with van der Waals surface area (Å²) in [5.41, 5.74) is 1.24. The van der Waals surface area contributed by atoms with Crippen molar-refractivity contribution in [3.63, 3.8) is 0 Å². The number of likely N-dealkylation sites (tertiary alicyclic amines) is 1. The number of ether oxygens (including phenoxy) is 1. The van der Waals surface area contributed by atoms with Gasteiger partial charge in [0.2, 0.25) is 5.91 Å². The van der Waals surface area contributed by atoms with Crippen LogP contribution in [0.15, 0.2) is 42.6 Å². The van der Waals surface area contributed by atoms with Crippen LogP contribution in [0.2, 0.25) is 0 Å². The van der Waals surface area contributed by atoms with E-state index in [2.05, 4.69) is 6.58 Å². The van der Waals surface area contributed by atoms with E-state index >= 15 is 0 Å². The molecule has 1 fully saturated rings. The number of hydrogen-bond acceptors (Lipinski definition) is 4. The molecule has 1 saturated heterocycles. The number of carboxylic acid groups (broad SMARTS) is 1. The monoisotopic (exact) mass is 331 g/mol. The lowest BCUT2D eigenvalue weighted by Crippen LogP contribution is -2.46. The summed E-state index contributed by atoms with van der Waals surface area (Å²) in [7, 11) is 0. The maximum atomic E-state index is 12.7. The molecule has 6 nitrogen and oxygen atoms in total. The number of esters is 1. The summed E-state index contributed by atoms with van der Waals surface area (Å²) < 4.78 is 5.05. The van der Waals surface area contributed by atoms with Gasteiger partial charge in [0.1, 0.15) is 0 Å². The largest absolute Gasteiger partial charge is 0.481 e. The van der Waals surface area contributed by atoms with E-state index in [4.69, 9.17) is 9.84 Å². The summed E-state index contributed by atoms with van der Waals surface area (Å²) in [4.78, 5) is 37.3. The number of benzene rings is 1. The van der Waals surface area contributed by atoms with E-state index < -0.39 is 23.8 Å². The Morgan fingerprint density at radius 1 is 1.33 bits per heavy atom. The molecule has 24 heavy (non-hydrogen) atoms. The zero-order valence-electron chi connectivity index (χ0n) is 13.6. The van der Waals surface area contributed by atoms with Gasteiger partial charge in [0, 0.05) is 5.70 Å². The maximum Gasteiger partial charge on any atom is 0.314 e. The average molecular weight is 331 g/mol. The molecule has 0 spiro atoms. The van der Waals surface area contributed by atoms with Crippen molar-refractivity contribution in [1.29, 1.82) is 0 Å². The molecule has 0 aromatic heterocycles. The molecular formula is C18H21NO5. The van der Waals surface area contributed by atoms with Gasteiger partial charge in [-0.05, 0) is 18.9 Å². The fraction of sp³-hybridized carbons (Fsp3) is 0.389. The number of aliphatic carboxylic acids is 1. The van der Waals surface area contributed by atoms with Crippen molar-refractivity contribution in [2.24, 2.45) is 11.8 Å². The molecule has 0 aliphatic carbocycles. The third kappa shape index (κ3) is 4.01. The molecule has 1 heterocycles. The van der Waals surface area contributed by atoms with E-state index in [1.54, 1.807) is 6.92 Å². The minimum atomic E-state index is -1.07. The van der Waals surface area contributed by atoms with E-state index in [0.29, 0.717) is 5.70 Å². The van der Waals surface area contributed by atoms with Gasteiger partial charge in [-0.15, -0.1) is 0 Å². The first-order chi connectivity index (χ1) is 11.4. The quantitative estimate of drug-likeness (QED) is 0.808. The maximum absolute atomic E-state index is 12.7. The van der Waals surface area contributed by atoms with Crippen molar-refractivity contribution in [3.8, 4) is 0 Å². The van der Waals surface area contributed by atoms with E-state index in [-0.39, 0.29) is 31.9 Å². The fourth-order valence-corrected chi connectivity index (χ4v) is 2.87. The van der Waals surface area contributed by atoms with Crippen LogP contribution in [-0.2, 0) is 25.7 Å². The predicted octanol–water partition coefficient (Wildman–Crippen LogP) is 2.20. The molecule has 1 aromatic rings. The minimum Gasteiger partial charge on any atom is -0.481 e. The zero-order valence-corrected chi connectivity index (χ0v) is 13.6. The highest BCUT2D eigenvalue weighted by Gasteiger charge is 2.41. The first-order valence-electron chi connectivity index (χ1n) is 7.86. The van der Waals surface area contributed by atoms with Crippen molar-refractivity contribution >= 4 is 17.8 Å². The van der Waals surface area contributed by atoms with Gasteiger partial charge in [-0.3, -0.25) is 14.4 Å². The van der Waals surface area contributed by atoms with E-state index in [1.165, 1.54) is 4.90 Å². The molecule has 0 bridgehead atoms. The first kappa shape index (κ1) is 17.7. The van der Waals surface area contributed by atoms with Crippen LogP contribution in [0, 0.1) is 11.8 Å². The first-order valence-corrected chi connectivity index (χ1v) is 7.86. The van der Waals surface area contributed by atoms with Crippen molar-refractivity contribution in [3.05, 3.63) is 48.2 Å². The van der Waals surface area contributed by atoms with Gasteiger partial charge >= 0.3 is 11.9 Å². The minimum absolute atomic E-state index is 0.119. The lowest BCUT2D eigenvalue weighted by Gasteiger charge is -2.37. The van der Waals surface area contributed by atoms with Crippen LogP contribution in [0.25, 0.3) is 0 Å². The molecule has 128 valence electrons. The normalized spacial score (nSPS) is 20.8. The van der Waals surface area contributed by atoms with E-state index in [0.717, 1.165) is 5.56 Å². The van der Waals surface area contributed by atoms with Crippen LogP contribution >= 0.6 is 0 Å². The summed E-state index contributed by atoms with van der Waals surface area (Å²) in [6.07, 6.45) is -0.193. The van der Waals surface area contributed by atoms with Gasteiger partial charge in [0.25, 0.3) is 0 Å². The smallest absolute Gasteiger partial charge is 0.314 e. The average Bonchev–Trinajstić information content (AvgIpc) is 2.55. The standard InChI is InChI=1S/C18H21NO5/c1-3-24-18(23)15-9-14(10-16(20)21)17(22)19(12(15)2)11-13-7-5-4-6-8-13/h4-8,14-15H,2-3,9-11H2,1H3,(H,20,21)/t14-,15+/m0/s1. The second kappa shape index (κ2) is 7.77. The summed E-state index contributed by atoms with van der Waals surface area (Å²) in [6, 6.07) is 9.29. The van der Waals surface area contributed by atoms with E-state index in [1.807, 2.05) is 30.3 Å². The number of amides is 1. The Morgan fingerprint density at radius 3 is 2.58 bits per heavy atom. The summed E-state index contributed by atoms with van der Waals surface area (Å²) in [6.45, 7) is 6.07. The zero-order chi connectivity index (χ0) is 17.7. The summed E-state index contributed by atoms with van der Waals surface area (Å²) >= 11 is 0. The molecule has 6 heteroatoms. The van der Waals surface area contributed by atoms with Gasteiger partial charge in [-0.25, -0.2) is 0 Å². The van der Waals surface area contributed by atoms with Gasteiger partial charge in [0.15, 0.2) is 0 Å². The van der Waals surface area contributed by atoms with E-state index in [9.17, 15) is 14.4 Å². The molecule has 2 rings (SSSR count). The summed E-state index contributed by atoms with van der Waals surface area (Å²) in [5, 5.41) is 9.04. The van der Waals surface area contributed by atoms with Gasteiger partial charge in [-0.1, -0.05) is 36.9 Å². The van der Waals surface area contributed by atoms with Crippen molar-refractivity contribution in [2.45, 2.75) is 26.3 Å². The molecule has 1 aliphatic heterocycles. The molecule has 2 atom stereocenters. The van der Waals surface area contributed by atoms with Crippen LogP contribution in [0.3, 0.4) is 0 Å². The van der Waals surface area contributed by atoms with Gasteiger partial charge < -0.3 is 14.7 Å². The number of rotatable bonds is 6. The Bertz CT molecular complexity index is 640. The number of hydrogen-bond donors (Lipinski definition) is 1. The molecular weight excluding hydrogens is 310 g/mol. The van der Waals surface area contributed by atoms with Gasteiger partial charge in [0.05, 0.1) is 31.4 Å². The van der Waals surface area contributed by atoms with Gasteiger partial charge in [-0.2, -0.15) is 0 Å². The molecule has 0 saturated carbocycles. The van der Waals surface area contributed by atoms with Crippen LogP contribution in [0.1, 0.15) is 25.3 Å². The highest BCUT2D eigenvalue weighted by atomic mass is 16.5. The van der Waals surface area contributed by atoms with Crippen molar-refractivity contribution < 1.29 is 24.2 Å². The lowest BCUT2D eigenvalue weighted by atomic mass is 9.84. The third-order valence-electron chi connectivity index (χ3n) is 4.06. The second-order valence-corrected chi connectivity index (χ2v) is 5.74. The Labute approximate surface area is 140 Å². The van der Waals surface area contributed by atoms with Crippen LogP contribution in [-0.4, -0.2) is 34.5 Å². The third-order valence-corrected chi connectivity index (χ3v) is 4.06. The topological polar surface area (TPSA) is 83.9 Å². The van der Waals surface area contributed by atoms with Crippen LogP contribution < -0.4 is 0 Å². The highest BCUT2D eigenvalue weighted by Crippen LogP contribution is 2.34. The molecule has 0 radical (unpaired) electrons.